The van der Waals surface area contributed by atoms with Crippen LogP contribution in [-0.4, -0.2) is 35.1 Å². The first kappa shape index (κ1) is 23.8. The second-order valence-corrected chi connectivity index (χ2v) is 9.08. The molecule has 0 aliphatic rings. The Kier molecular flexibility index (Phi) is 10.0. The molecule has 0 spiro atoms. The third-order valence-electron chi connectivity index (χ3n) is 4.37. The number of rotatable bonds is 10. The lowest BCUT2D eigenvalue weighted by molar-refractivity contribution is -0.138. The molecule has 0 saturated carbocycles. The van der Waals surface area contributed by atoms with Crippen LogP contribution in [0.25, 0.3) is 0 Å². The molecule has 1 atom stereocenters. The van der Waals surface area contributed by atoms with Gasteiger partial charge in [0.2, 0.25) is 11.8 Å². The fraction of sp³-hybridized carbons (Fsp3) is 0.364. The number of carbonyl (C=O) groups is 2. The van der Waals surface area contributed by atoms with Crippen molar-refractivity contribution in [3.8, 4) is 0 Å². The van der Waals surface area contributed by atoms with Crippen LogP contribution >= 0.6 is 39.3 Å². The summed E-state index contributed by atoms with van der Waals surface area (Å²) in [5, 5.41) is 3.59. The van der Waals surface area contributed by atoms with Gasteiger partial charge >= 0.3 is 0 Å². The average molecular weight is 498 g/mol. The van der Waals surface area contributed by atoms with E-state index in [0.29, 0.717) is 29.6 Å². The molecule has 0 aliphatic carbocycles. The highest BCUT2D eigenvalue weighted by atomic mass is 79.9. The van der Waals surface area contributed by atoms with E-state index < -0.39 is 6.04 Å². The second-order valence-electron chi connectivity index (χ2n) is 6.74. The van der Waals surface area contributed by atoms with E-state index in [2.05, 4.69) is 21.2 Å². The summed E-state index contributed by atoms with van der Waals surface area (Å²) in [7, 11) is 0. The van der Waals surface area contributed by atoms with Crippen molar-refractivity contribution >= 4 is 51.1 Å². The van der Waals surface area contributed by atoms with E-state index in [1.54, 1.807) is 11.8 Å². The SMILES string of the molecule is CCCNC(=O)C(C)N(Cc1cccc(Br)c1)C(=O)CSCc1ccc(Cl)cc1. The Balaban J connectivity index is 2.04. The van der Waals surface area contributed by atoms with Crippen LogP contribution < -0.4 is 5.32 Å². The third-order valence-corrected chi connectivity index (χ3v) is 6.10. The first-order valence-corrected chi connectivity index (χ1v) is 11.9. The molecular formula is C22H26BrClN2O2S. The highest BCUT2D eigenvalue weighted by molar-refractivity contribution is 9.10. The first-order chi connectivity index (χ1) is 13.9. The summed E-state index contributed by atoms with van der Waals surface area (Å²) in [6, 6.07) is 14.9. The second kappa shape index (κ2) is 12.3. The summed E-state index contributed by atoms with van der Waals surface area (Å²) in [4.78, 5) is 27.1. The molecule has 0 fully saturated rings. The summed E-state index contributed by atoms with van der Waals surface area (Å²) in [6.45, 7) is 4.78. The Bertz CT molecular complexity index is 817. The molecule has 0 aromatic heterocycles. The Morgan fingerprint density at radius 2 is 1.90 bits per heavy atom. The number of nitrogens with one attached hydrogen (secondary N) is 1. The maximum absolute atomic E-state index is 13.0. The van der Waals surface area contributed by atoms with Gasteiger partial charge < -0.3 is 10.2 Å². The van der Waals surface area contributed by atoms with Crippen molar-refractivity contribution in [3.63, 3.8) is 0 Å². The van der Waals surface area contributed by atoms with Gasteiger partial charge in [0.05, 0.1) is 5.75 Å². The van der Waals surface area contributed by atoms with Crippen molar-refractivity contribution in [2.75, 3.05) is 12.3 Å². The molecule has 0 bridgehead atoms. The zero-order valence-electron chi connectivity index (χ0n) is 16.7. The summed E-state index contributed by atoms with van der Waals surface area (Å²) < 4.78 is 0.947. The number of amides is 2. The Morgan fingerprint density at radius 3 is 2.55 bits per heavy atom. The zero-order valence-corrected chi connectivity index (χ0v) is 19.8. The van der Waals surface area contributed by atoms with E-state index in [0.717, 1.165) is 22.0 Å². The molecule has 7 heteroatoms. The molecule has 0 heterocycles. The van der Waals surface area contributed by atoms with E-state index in [-0.39, 0.29) is 11.8 Å². The van der Waals surface area contributed by atoms with Crippen LogP contribution in [0.4, 0.5) is 0 Å². The average Bonchev–Trinajstić information content (AvgIpc) is 2.71. The smallest absolute Gasteiger partial charge is 0.242 e. The van der Waals surface area contributed by atoms with Gasteiger partial charge in [-0.15, -0.1) is 11.8 Å². The van der Waals surface area contributed by atoms with E-state index in [4.69, 9.17) is 11.6 Å². The lowest BCUT2D eigenvalue weighted by atomic mass is 10.1. The normalized spacial score (nSPS) is 11.7. The molecule has 1 unspecified atom stereocenters. The minimum atomic E-state index is -0.538. The van der Waals surface area contributed by atoms with Gasteiger partial charge in [0, 0.05) is 28.3 Å². The number of nitrogens with zero attached hydrogens (tertiary/aromatic N) is 1. The van der Waals surface area contributed by atoms with E-state index in [1.165, 1.54) is 11.8 Å². The molecule has 0 radical (unpaired) electrons. The lowest BCUT2D eigenvalue weighted by Gasteiger charge is -2.29. The van der Waals surface area contributed by atoms with Crippen molar-refractivity contribution in [2.45, 2.75) is 38.6 Å². The summed E-state index contributed by atoms with van der Waals surface area (Å²) in [5.41, 5.74) is 2.09. The number of hydrogen-bond donors (Lipinski definition) is 1. The van der Waals surface area contributed by atoms with Crippen molar-refractivity contribution in [3.05, 3.63) is 69.2 Å². The molecule has 0 saturated heterocycles. The van der Waals surface area contributed by atoms with Gasteiger partial charge in [-0.05, 0) is 48.7 Å². The number of halogens is 2. The highest BCUT2D eigenvalue weighted by Crippen LogP contribution is 2.19. The van der Waals surface area contributed by atoms with Crippen LogP contribution in [0.15, 0.2) is 53.0 Å². The monoisotopic (exact) mass is 496 g/mol. The van der Waals surface area contributed by atoms with Crippen LogP contribution in [0.1, 0.15) is 31.4 Å². The number of hydrogen-bond acceptors (Lipinski definition) is 3. The van der Waals surface area contributed by atoms with Gasteiger partial charge in [0.15, 0.2) is 0 Å². The van der Waals surface area contributed by atoms with E-state index in [9.17, 15) is 9.59 Å². The minimum Gasteiger partial charge on any atom is -0.354 e. The first-order valence-electron chi connectivity index (χ1n) is 9.54. The quantitative estimate of drug-likeness (QED) is 0.486. The predicted octanol–water partition coefficient (Wildman–Crippen LogP) is 5.28. The van der Waals surface area contributed by atoms with Crippen molar-refractivity contribution in [1.82, 2.24) is 10.2 Å². The molecular weight excluding hydrogens is 472 g/mol. The minimum absolute atomic E-state index is 0.0527. The molecule has 2 aromatic rings. The molecule has 2 amide bonds. The number of benzene rings is 2. The zero-order chi connectivity index (χ0) is 21.2. The topological polar surface area (TPSA) is 49.4 Å². The Hall–Kier alpha value is -1.50. The summed E-state index contributed by atoms with van der Waals surface area (Å²) in [6.07, 6.45) is 0.856. The van der Waals surface area contributed by atoms with Crippen LogP contribution in [0.2, 0.25) is 5.02 Å². The fourth-order valence-electron chi connectivity index (χ4n) is 2.73. The molecule has 4 nitrogen and oxygen atoms in total. The van der Waals surface area contributed by atoms with Crippen LogP contribution in [0.3, 0.4) is 0 Å². The van der Waals surface area contributed by atoms with E-state index >= 15 is 0 Å². The fourth-order valence-corrected chi connectivity index (χ4v) is 4.17. The Morgan fingerprint density at radius 1 is 1.17 bits per heavy atom. The van der Waals surface area contributed by atoms with Crippen LogP contribution in [-0.2, 0) is 21.9 Å². The number of thioether (sulfide) groups is 1. The van der Waals surface area contributed by atoms with Crippen molar-refractivity contribution < 1.29 is 9.59 Å². The largest absolute Gasteiger partial charge is 0.354 e. The molecule has 1 N–H and O–H groups in total. The molecule has 0 aliphatic heterocycles. The summed E-state index contributed by atoms with van der Waals surface area (Å²) in [5.74, 6) is 0.840. The van der Waals surface area contributed by atoms with Crippen LogP contribution in [0, 0.1) is 0 Å². The highest BCUT2D eigenvalue weighted by Gasteiger charge is 2.25. The van der Waals surface area contributed by atoms with Gasteiger partial charge in [0.1, 0.15) is 6.04 Å². The maximum Gasteiger partial charge on any atom is 0.242 e. The standard InChI is InChI=1S/C22H26BrClN2O2S/c1-3-11-25-22(28)16(2)26(13-18-5-4-6-19(23)12-18)21(27)15-29-14-17-7-9-20(24)10-8-17/h4-10,12,16H,3,11,13-15H2,1-2H3,(H,25,28). The van der Waals surface area contributed by atoms with Gasteiger partial charge in [-0.25, -0.2) is 0 Å². The van der Waals surface area contributed by atoms with Gasteiger partial charge in [-0.3, -0.25) is 9.59 Å². The Labute approximate surface area is 190 Å². The van der Waals surface area contributed by atoms with Gasteiger partial charge in [-0.2, -0.15) is 0 Å². The molecule has 2 aromatic carbocycles. The van der Waals surface area contributed by atoms with Crippen molar-refractivity contribution in [2.24, 2.45) is 0 Å². The van der Waals surface area contributed by atoms with Crippen molar-refractivity contribution in [1.29, 1.82) is 0 Å². The van der Waals surface area contributed by atoms with Gasteiger partial charge in [0.25, 0.3) is 0 Å². The summed E-state index contributed by atoms with van der Waals surface area (Å²) >= 11 is 10.9. The number of carbonyl (C=O) groups excluding carboxylic acids is 2. The van der Waals surface area contributed by atoms with Crippen LogP contribution in [0.5, 0.6) is 0 Å². The molecule has 156 valence electrons. The lowest BCUT2D eigenvalue weighted by Crippen LogP contribution is -2.48. The molecule has 29 heavy (non-hydrogen) atoms. The predicted molar refractivity (Wildman–Crippen MR) is 125 cm³/mol. The van der Waals surface area contributed by atoms with E-state index in [1.807, 2.05) is 55.5 Å². The maximum atomic E-state index is 13.0. The van der Waals surface area contributed by atoms with Gasteiger partial charge in [-0.1, -0.05) is 58.7 Å². The molecule has 2 rings (SSSR count). The third kappa shape index (κ3) is 8.03.